The molecular weight excluding hydrogens is 448 g/mol. The number of esters is 1. The number of carbonyl (C=O) groups excluding carboxylic acids is 2. The molecule has 0 atom stereocenters. The fourth-order valence-electron chi connectivity index (χ4n) is 3.00. The lowest BCUT2D eigenvalue weighted by atomic mass is 10.2. The zero-order valence-corrected chi connectivity index (χ0v) is 19.9. The van der Waals surface area contributed by atoms with Crippen LogP contribution in [0.3, 0.4) is 0 Å². The first-order chi connectivity index (χ1) is 17.0. The second-order valence-electron chi connectivity index (χ2n) is 7.45. The number of benzene rings is 3. The molecule has 0 aliphatic rings. The third kappa shape index (κ3) is 7.33. The molecule has 0 spiro atoms. The number of amides is 1. The molecule has 35 heavy (non-hydrogen) atoms. The van der Waals surface area contributed by atoms with E-state index in [1.807, 2.05) is 0 Å². The molecule has 0 aliphatic heterocycles. The van der Waals surface area contributed by atoms with Crippen molar-refractivity contribution in [3.05, 3.63) is 83.4 Å². The highest BCUT2D eigenvalue weighted by Crippen LogP contribution is 2.28. The summed E-state index contributed by atoms with van der Waals surface area (Å²) in [6.45, 7) is 2.73. The third-order valence-electron chi connectivity index (χ3n) is 4.98. The van der Waals surface area contributed by atoms with Gasteiger partial charge in [-0.2, -0.15) is 5.10 Å². The summed E-state index contributed by atoms with van der Waals surface area (Å²) < 4.78 is 21.6. The molecule has 1 amide bonds. The number of nitrogens with zero attached hydrogens (tertiary/aromatic N) is 1. The van der Waals surface area contributed by atoms with E-state index in [1.54, 1.807) is 73.8 Å². The summed E-state index contributed by atoms with van der Waals surface area (Å²) in [6.07, 6.45) is 3.49. The fraction of sp³-hybridized carbons (Fsp3) is 0.222. The van der Waals surface area contributed by atoms with Crippen LogP contribution in [0, 0.1) is 0 Å². The first-order valence-corrected chi connectivity index (χ1v) is 11.1. The molecule has 0 unspecified atom stereocenters. The van der Waals surface area contributed by atoms with Gasteiger partial charge in [0.05, 0.1) is 32.6 Å². The fourth-order valence-corrected chi connectivity index (χ4v) is 3.00. The number of carbonyl (C=O) groups is 2. The first kappa shape index (κ1) is 25.3. The van der Waals surface area contributed by atoms with Crippen LogP contribution in [0.15, 0.2) is 71.8 Å². The molecular formula is C27H28N2O6. The van der Waals surface area contributed by atoms with Gasteiger partial charge < -0.3 is 18.9 Å². The number of unbranched alkanes of at least 4 members (excludes halogenated alkanes) is 1. The van der Waals surface area contributed by atoms with Crippen molar-refractivity contribution in [2.45, 2.75) is 19.8 Å². The van der Waals surface area contributed by atoms with Crippen molar-refractivity contribution < 1.29 is 28.5 Å². The molecule has 3 aromatic rings. The van der Waals surface area contributed by atoms with E-state index in [2.05, 4.69) is 17.5 Å². The normalized spacial score (nSPS) is 10.6. The van der Waals surface area contributed by atoms with Crippen molar-refractivity contribution in [3.8, 4) is 23.0 Å². The Hall–Kier alpha value is -4.33. The van der Waals surface area contributed by atoms with Crippen LogP contribution >= 0.6 is 0 Å². The van der Waals surface area contributed by atoms with Gasteiger partial charge in [-0.3, -0.25) is 4.79 Å². The maximum absolute atomic E-state index is 12.6. The molecule has 0 saturated carbocycles. The summed E-state index contributed by atoms with van der Waals surface area (Å²) in [4.78, 5) is 24.8. The van der Waals surface area contributed by atoms with Crippen molar-refractivity contribution in [1.29, 1.82) is 0 Å². The second kappa shape index (κ2) is 12.8. The Labute approximate surface area is 204 Å². The lowest BCUT2D eigenvalue weighted by Gasteiger charge is -2.10. The zero-order valence-electron chi connectivity index (χ0n) is 19.9. The minimum absolute atomic E-state index is 0.264. The van der Waals surface area contributed by atoms with Gasteiger partial charge in [-0.05, 0) is 78.7 Å². The van der Waals surface area contributed by atoms with E-state index in [9.17, 15) is 9.59 Å². The highest BCUT2D eigenvalue weighted by Gasteiger charge is 2.13. The van der Waals surface area contributed by atoms with E-state index in [0.717, 1.165) is 12.8 Å². The number of hydrogen-bond acceptors (Lipinski definition) is 7. The van der Waals surface area contributed by atoms with Gasteiger partial charge in [-0.15, -0.1) is 0 Å². The monoisotopic (exact) mass is 476 g/mol. The van der Waals surface area contributed by atoms with Crippen molar-refractivity contribution in [3.63, 3.8) is 0 Å². The summed E-state index contributed by atoms with van der Waals surface area (Å²) in [6, 6.07) is 18.4. The van der Waals surface area contributed by atoms with Gasteiger partial charge in [0.2, 0.25) is 0 Å². The molecule has 0 saturated heterocycles. The van der Waals surface area contributed by atoms with Gasteiger partial charge in [0.25, 0.3) is 5.91 Å². The summed E-state index contributed by atoms with van der Waals surface area (Å²) >= 11 is 0. The first-order valence-electron chi connectivity index (χ1n) is 11.1. The Bertz CT molecular complexity index is 1160. The van der Waals surface area contributed by atoms with Crippen LogP contribution < -0.4 is 24.4 Å². The SMILES string of the molecule is CCCCOc1ccc(C(=O)Oc2ccc(/C=N\NC(=O)c3ccc(OC)cc3)cc2OC)cc1. The lowest BCUT2D eigenvalue weighted by molar-refractivity contribution is 0.0729. The van der Waals surface area contributed by atoms with Crippen LogP contribution in [0.5, 0.6) is 23.0 Å². The molecule has 0 bridgehead atoms. The summed E-state index contributed by atoms with van der Waals surface area (Å²) in [5, 5.41) is 3.98. The molecule has 0 radical (unpaired) electrons. The molecule has 0 aromatic heterocycles. The molecule has 8 nitrogen and oxygen atoms in total. The third-order valence-corrected chi connectivity index (χ3v) is 4.98. The van der Waals surface area contributed by atoms with Gasteiger partial charge >= 0.3 is 5.97 Å². The molecule has 3 rings (SSSR count). The average Bonchev–Trinajstić information content (AvgIpc) is 2.90. The van der Waals surface area contributed by atoms with Gasteiger partial charge in [-0.25, -0.2) is 10.2 Å². The molecule has 3 aromatic carbocycles. The van der Waals surface area contributed by atoms with Crippen LogP contribution in [0.25, 0.3) is 0 Å². The van der Waals surface area contributed by atoms with Gasteiger partial charge in [-0.1, -0.05) is 13.3 Å². The highest BCUT2D eigenvalue weighted by atomic mass is 16.6. The molecule has 8 heteroatoms. The predicted octanol–water partition coefficient (Wildman–Crippen LogP) is 4.87. The second-order valence-corrected chi connectivity index (χ2v) is 7.45. The Balaban J connectivity index is 1.60. The van der Waals surface area contributed by atoms with Crippen molar-refractivity contribution in [1.82, 2.24) is 5.43 Å². The van der Waals surface area contributed by atoms with Gasteiger partial charge in [0.15, 0.2) is 11.5 Å². The number of hydrogen-bond donors (Lipinski definition) is 1. The summed E-state index contributed by atoms with van der Waals surface area (Å²) in [5.74, 6) is 1.10. The number of nitrogens with one attached hydrogen (secondary N) is 1. The van der Waals surface area contributed by atoms with Crippen molar-refractivity contribution in [2.24, 2.45) is 5.10 Å². The Kier molecular flexibility index (Phi) is 9.24. The molecule has 0 fully saturated rings. The molecule has 1 N–H and O–H groups in total. The van der Waals surface area contributed by atoms with Crippen LogP contribution in [0.1, 0.15) is 46.0 Å². The molecule has 0 aliphatic carbocycles. The van der Waals surface area contributed by atoms with Crippen LogP contribution in [0.4, 0.5) is 0 Å². The minimum Gasteiger partial charge on any atom is -0.497 e. The predicted molar refractivity (Wildman–Crippen MR) is 133 cm³/mol. The van der Waals surface area contributed by atoms with Crippen LogP contribution in [-0.4, -0.2) is 38.9 Å². The highest BCUT2D eigenvalue weighted by molar-refractivity contribution is 5.95. The smallest absolute Gasteiger partial charge is 0.343 e. The maximum Gasteiger partial charge on any atom is 0.343 e. The zero-order chi connectivity index (χ0) is 25.0. The van der Waals surface area contributed by atoms with E-state index in [4.69, 9.17) is 18.9 Å². The Morgan fingerprint density at radius 2 is 1.54 bits per heavy atom. The Morgan fingerprint density at radius 3 is 2.20 bits per heavy atom. The van der Waals surface area contributed by atoms with E-state index in [0.29, 0.717) is 40.5 Å². The van der Waals surface area contributed by atoms with Crippen molar-refractivity contribution in [2.75, 3.05) is 20.8 Å². The quantitative estimate of drug-likeness (QED) is 0.140. The maximum atomic E-state index is 12.6. The van der Waals surface area contributed by atoms with Gasteiger partial charge in [0, 0.05) is 5.56 Å². The van der Waals surface area contributed by atoms with E-state index in [1.165, 1.54) is 13.3 Å². The van der Waals surface area contributed by atoms with Gasteiger partial charge in [0.1, 0.15) is 11.5 Å². The number of rotatable bonds is 11. The summed E-state index contributed by atoms with van der Waals surface area (Å²) in [7, 11) is 3.03. The van der Waals surface area contributed by atoms with Crippen LogP contribution in [-0.2, 0) is 0 Å². The van der Waals surface area contributed by atoms with E-state index < -0.39 is 5.97 Å². The minimum atomic E-state index is -0.517. The number of methoxy groups -OCH3 is 2. The van der Waals surface area contributed by atoms with Crippen molar-refractivity contribution >= 4 is 18.1 Å². The number of ether oxygens (including phenoxy) is 4. The standard InChI is InChI=1S/C27H28N2O6/c1-4-5-16-34-23-13-9-21(10-14-23)27(31)35-24-15-6-19(17-25(24)33-3)18-28-29-26(30)20-7-11-22(32-2)12-8-20/h6-15,17-18H,4-5,16H2,1-3H3,(H,29,30)/b28-18-. The topological polar surface area (TPSA) is 95.5 Å². The lowest BCUT2D eigenvalue weighted by Crippen LogP contribution is -2.17. The summed E-state index contributed by atoms with van der Waals surface area (Å²) in [5.41, 5.74) is 3.95. The van der Waals surface area contributed by atoms with Crippen LogP contribution in [0.2, 0.25) is 0 Å². The molecule has 0 heterocycles. The number of hydrazone groups is 1. The van der Waals surface area contributed by atoms with E-state index >= 15 is 0 Å². The Morgan fingerprint density at radius 1 is 0.857 bits per heavy atom. The molecule has 182 valence electrons. The largest absolute Gasteiger partial charge is 0.497 e. The average molecular weight is 477 g/mol. The van der Waals surface area contributed by atoms with E-state index in [-0.39, 0.29) is 11.7 Å².